The van der Waals surface area contributed by atoms with E-state index >= 15 is 0 Å². The van der Waals surface area contributed by atoms with Crippen LogP contribution in [-0.2, 0) is 20.7 Å². The maximum Gasteiger partial charge on any atom is 0.307 e. The number of amides is 1. The lowest BCUT2D eigenvalue weighted by molar-refractivity contribution is -0.147. The third kappa shape index (κ3) is 7.11. The van der Waals surface area contributed by atoms with E-state index < -0.39 is 0 Å². The maximum absolute atomic E-state index is 11.8. The first-order valence-corrected chi connectivity index (χ1v) is 7.69. The van der Waals surface area contributed by atoms with Gasteiger partial charge in [-0.3, -0.25) is 9.59 Å². The first-order chi connectivity index (χ1) is 10.5. The van der Waals surface area contributed by atoms with Crippen molar-refractivity contribution < 1.29 is 19.1 Å². The summed E-state index contributed by atoms with van der Waals surface area (Å²) in [4.78, 5) is 23.1. The lowest BCUT2D eigenvalue weighted by Crippen LogP contribution is -2.27. The summed E-state index contributed by atoms with van der Waals surface area (Å²) in [5.74, 6) is 0.443. The molecule has 5 heteroatoms. The van der Waals surface area contributed by atoms with Crippen molar-refractivity contribution in [3.05, 3.63) is 29.8 Å². The van der Waals surface area contributed by atoms with E-state index in [1.54, 1.807) is 13.8 Å². The number of aryl methyl sites for hydroxylation is 1. The number of hydrogen-bond donors (Lipinski definition) is 1. The Bertz CT molecular complexity index is 485. The molecule has 0 aromatic heterocycles. The molecular weight excluding hydrogens is 282 g/mol. The van der Waals surface area contributed by atoms with Gasteiger partial charge in [-0.05, 0) is 38.8 Å². The number of hydrogen-bond acceptors (Lipinski definition) is 4. The number of carbonyl (C=O) groups excluding carboxylic acids is 2. The molecule has 0 heterocycles. The second kappa shape index (κ2) is 9.82. The van der Waals surface area contributed by atoms with Gasteiger partial charge in [0.2, 0.25) is 5.91 Å². The van der Waals surface area contributed by atoms with Gasteiger partial charge in [0.1, 0.15) is 5.75 Å². The molecule has 1 amide bonds. The quantitative estimate of drug-likeness (QED) is 0.712. The van der Waals surface area contributed by atoms with Gasteiger partial charge in [0.05, 0.1) is 19.1 Å². The number of ether oxygens (including phenoxy) is 2. The van der Waals surface area contributed by atoms with Crippen LogP contribution in [0, 0.1) is 0 Å². The highest BCUT2D eigenvalue weighted by atomic mass is 16.5. The molecule has 122 valence electrons. The summed E-state index contributed by atoms with van der Waals surface area (Å²) >= 11 is 0. The van der Waals surface area contributed by atoms with Gasteiger partial charge < -0.3 is 14.8 Å². The molecule has 1 aromatic rings. The van der Waals surface area contributed by atoms with E-state index in [0.29, 0.717) is 26.0 Å². The Morgan fingerprint density at radius 2 is 1.91 bits per heavy atom. The zero-order chi connectivity index (χ0) is 16.4. The molecule has 0 bridgehead atoms. The number of benzene rings is 1. The second-order valence-electron chi connectivity index (χ2n) is 5.18. The lowest BCUT2D eigenvalue weighted by Gasteiger charge is -2.10. The van der Waals surface area contributed by atoms with Gasteiger partial charge in [0.15, 0.2) is 0 Å². The Balaban J connectivity index is 2.30. The Labute approximate surface area is 132 Å². The van der Waals surface area contributed by atoms with Crippen LogP contribution < -0.4 is 10.1 Å². The predicted molar refractivity (Wildman–Crippen MR) is 84.8 cm³/mol. The molecule has 1 rings (SSSR count). The average molecular weight is 307 g/mol. The van der Waals surface area contributed by atoms with Gasteiger partial charge in [-0.15, -0.1) is 0 Å². The van der Waals surface area contributed by atoms with Crippen LogP contribution in [-0.4, -0.2) is 31.1 Å². The van der Waals surface area contributed by atoms with Gasteiger partial charge in [0.25, 0.3) is 0 Å². The highest BCUT2D eigenvalue weighted by Crippen LogP contribution is 2.19. The highest BCUT2D eigenvalue weighted by molar-refractivity contribution is 5.77. The van der Waals surface area contributed by atoms with Gasteiger partial charge in [-0.25, -0.2) is 0 Å². The summed E-state index contributed by atoms with van der Waals surface area (Å²) in [5, 5.41) is 2.73. The standard InChI is InChI=1S/C17H25NO4/c1-4-21-15-8-6-5-7-14(15)9-10-16(19)18-12-11-17(20)22-13(2)3/h5-8,13H,4,9-12H2,1-3H3,(H,18,19). The Morgan fingerprint density at radius 1 is 1.18 bits per heavy atom. The van der Waals surface area contributed by atoms with Gasteiger partial charge >= 0.3 is 5.97 Å². The smallest absolute Gasteiger partial charge is 0.307 e. The van der Waals surface area contributed by atoms with E-state index in [1.165, 1.54) is 0 Å². The fourth-order valence-electron chi connectivity index (χ4n) is 1.97. The van der Waals surface area contributed by atoms with E-state index in [2.05, 4.69) is 5.32 Å². The van der Waals surface area contributed by atoms with Crippen molar-refractivity contribution in [1.29, 1.82) is 0 Å². The number of nitrogens with one attached hydrogen (secondary N) is 1. The van der Waals surface area contributed by atoms with Crippen LogP contribution in [0.4, 0.5) is 0 Å². The van der Waals surface area contributed by atoms with Crippen LogP contribution in [0.2, 0.25) is 0 Å². The molecule has 0 spiro atoms. The van der Waals surface area contributed by atoms with E-state index in [-0.39, 0.29) is 24.4 Å². The molecule has 0 saturated carbocycles. The Morgan fingerprint density at radius 3 is 2.59 bits per heavy atom. The number of esters is 1. The second-order valence-corrected chi connectivity index (χ2v) is 5.18. The molecule has 0 unspecified atom stereocenters. The minimum Gasteiger partial charge on any atom is -0.494 e. The summed E-state index contributed by atoms with van der Waals surface area (Å²) < 4.78 is 10.5. The molecule has 0 radical (unpaired) electrons. The van der Waals surface area contributed by atoms with Crippen molar-refractivity contribution in [3.63, 3.8) is 0 Å². The van der Waals surface area contributed by atoms with Crippen LogP contribution in [0.5, 0.6) is 5.75 Å². The first kappa shape index (κ1) is 18.0. The van der Waals surface area contributed by atoms with Crippen molar-refractivity contribution in [2.24, 2.45) is 0 Å². The monoisotopic (exact) mass is 307 g/mol. The molecule has 1 N–H and O–H groups in total. The van der Waals surface area contributed by atoms with Crippen LogP contribution in [0.15, 0.2) is 24.3 Å². The zero-order valence-corrected chi connectivity index (χ0v) is 13.6. The molecule has 22 heavy (non-hydrogen) atoms. The molecule has 0 aliphatic heterocycles. The topological polar surface area (TPSA) is 64.6 Å². The van der Waals surface area contributed by atoms with E-state index in [4.69, 9.17) is 9.47 Å². The van der Waals surface area contributed by atoms with Gasteiger partial charge in [-0.2, -0.15) is 0 Å². The predicted octanol–water partition coefficient (Wildman–Crippen LogP) is 2.48. The fraction of sp³-hybridized carbons (Fsp3) is 0.529. The van der Waals surface area contributed by atoms with Crippen LogP contribution in [0.25, 0.3) is 0 Å². The highest BCUT2D eigenvalue weighted by Gasteiger charge is 2.08. The average Bonchev–Trinajstić information content (AvgIpc) is 2.46. The molecule has 0 atom stereocenters. The molecule has 0 aliphatic rings. The largest absolute Gasteiger partial charge is 0.494 e. The van der Waals surface area contributed by atoms with Crippen molar-refractivity contribution in [2.75, 3.05) is 13.2 Å². The Kier molecular flexibility index (Phi) is 8.04. The molecule has 1 aromatic carbocycles. The number of carbonyl (C=O) groups is 2. The first-order valence-electron chi connectivity index (χ1n) is 7.69. The minimum atomic E-state index is -0.294. The summed E-state index contributed by atoms with van der Waals surface area (Å²) in [6.07, 6.45) is 1.04. The summed E-state index contributed by atoms with van der Waals surface area (Å²) in [5.41, 5.74) is 1.01. The summed E-state index contributed by atoms with van der Waals surface area (Å²) in [6, 6.07) is 7.70. The van der Waals surface area contributed by atoms with E-state index in [1.807, 2.05) is 31.2 Å². The van der Waals surface area contributed by atoms with E-state index in [0.717, 1.165) is 11.3 Å². The van der Waals surface area contributed by atoms with Gasteiger partial charge in [0, 0.05) is 13.0 Å². The normalized spacial score (nSPS) is 10.4. The SMILES string of the molecule is CCOc1ccccc1CCC(=O)NCCC(=O)OC(C)C. The van der Waals surface area contributed by atoms with Crippen LogP contribution >= 0.6 is 0 Å². The molecule has 0 fully saturated rings. The van der Waals surface area contributed by atoms with Crippen LogP contribution in [0.1, 0.15) is 39.2 Å². The number of para-hydroxylation sites is 1. The molecular formula is C17H25NO4. The zero-order valence-electron chi connectivity index (χ0n) is 13.6. The van der Waals surface area contributed by atoms with Crippen molar-refractivity contribution in [3.8, 4) is 5.75 Å². The lowest BCUT2D eigenvalue weighted by atomic mass is 10.1. The molecule has 0 saturated heterocycles. The van der Waals surface area contributed by atoms with Crippen molar-refractivity contribution >= 4 is 11.9 Å². The Hall–Kier alpha value is -2.04. The summed E-state index contributed by atoms with van der Waals surface area (Å²) in [6.45, 7) is 6.43. The van der Waals surface area contributed by atoms with Crippen molar-refractivity contribution in [2.45, 2.75) is 46.1 Å². The molecule has 0 aliphatic carbocycles. The van der Waals surface area contributed by atoms with Crippen molar-refractivity contribution in [1.82, 2.24) is 5.32 Å². The molecule has 5 nitrogen and oxygen atoms in total. The van der Waals surface area contributed by atoms with Gasteiger partial charge in [-0.1, -0.05) is 18.2 Å². The minimum absolute atomic E-state index is 0.0800. The van der Waals surface area contributed by atoms with Crippen LogP contribution in [0.3, 0.4) is 0 Å². The fourth-order valence-corrected chi connectivity index (χ4v) is 1.97. The van der Waals surface area contributed by atoms with E-state index in [9.17, 15) is 9.59 Å². The third-order valence-corrected chi connectivity index (χ3v) is 2.91. The summed E-state index contributed by atoms with van der Waals surface area (Å²) in [7, 11) is 0. The number of rotatable bonds is 9. The maximum atomic E-state index is 11.8. The third-order valence-electron chi connectivity index (χ3n) is 2.91.